The van der Waals surface area contributed by atoms with Gasteiger partial charge in [0.05, 0.1) is 12.0 Å². The lowest BCUT2D eigenvalue weighted by atomic mass is 9.85. The lowest BCUT2D eigenvalue weighted by Crippen LogP contribution is -2.58. The molecule has 0 aromatic rings. The van der Waals surface area contributed by atoms with Crippen LogP contribution < -0.4 is 0 Å². The molecule has 0 radical (unpaired) electrons. The van der Waals surface area contributed by atoms with Crippen LogP contribution in [0.1, 0.15) is 19.8 Å². The first kappa shape index (κ1) is 12.4. The number of carboxylic acids is 1. The Kier molecular flexibility index (Phi) is 3.44. The van der Waals surface area contributed by atoms with Crippen molar-refractivity contribution in [3.63, 3.8) is 0 Å². The molecule has 17 heavy (non-hydrogen) atoms. The number of carbonyl (C=O) groups is 2. The van der Waals surface area contributed by atoms with Crippen LogP contribution in [0.15, 0.2) is 10.6 Å². The van der Waals surface area contributed by atoms with Crippen LogP contribution in [-0.4, -0.2) is 45.4 Å². The van der Waals surface area contributed by atoms with Gasteiger partial charge in [-0.25, -0.2) is 4.79 Å². The molecule has 1 saturated heterocycles. The highest BCUT2D eigenvalue weighted by Gasteiger charge is 2.54. The quantitative estimate of drug-likeness (QED) is 0.707. The Morgan fingerprint density at radius 2 is 2.29 bits per heavy atom. The third-order valence-electron chi connectivity index (χ3n) is 3.21. The van der Waals surface area contributed by atoms with Crippen molar-refractivity contribution >= 4 is 23.6 Å². The SMILES string of the molecule is CCSC1=C(C(=O)O)N2C(=O)[C@@H](CCO)[C@H]2C1. The van der Waals surface area contributed by atoms with Crippen molar-refractivity contribution in [1.82, 2.24) is 4.90 Å². The van der Waals surface area contributed by atoms with Crippen LogP contribution in [0.4, 0.5) is 0 Å². The molecule has 2 heterocycles. The molecule has 0 bridgehead atoms. The highest BCUT2D eigenvalue weighted by Crippen LogP contribution is 2.46. The zero-order valence-electron chi connectivity index (χ0n) is 9.55. The van der Waals surface area contributed by atoms with Gasteiger partial charge in [-0.1, -0.05) is 6.92 Å². The molecular formula is C11H15NO4S. The molecule has 2 atom stereocenters. The number of thioether (sulfide) groups is 1. The van der Waals surface area contributed by atoms with Crippen LogP contribution in [0.3, 0.4) is 0 Å². The lowest BCUT2D eigenvalue weighted by molar-refractivity contribution is -0.155. The number of aliphatic carboxylic acids is 1. The predicted molar refractivity (Wildman–Crippen MR) is 63.2 cm³/mol. The van der Waals surface area contributed by atoms with Crippen molar-refractivity contribution in [2.24, 2.45) is 5.92 Å². The van der Waals surface area contributed by atoms with Crippen molar-refractivity contribution in [3.8, 4) is 0 Å². The minimum Gasteiger partial charge on any atom is -0.477 e. The summed E-state index contributed by atoms with van der Waals surface area (Å²) in [7, 11) is 0. The smallest absolute Gasteiger partial charge is 0.353 e. The van der Waals surface area contributed by atoms with Gasteiger partial charge in [0.2, 0.25) is 5.91 Å². The van der Waals surface area contributed by atoms with Crippen molar-refractivity contribution in [3.05, 3.63) is 10.6 Å². The maximum absolute atomic E-state index is 11.8. The van der Waals surface area contributed by atoms with Gasteiger partial charge in [-0.15, -0.1) is 11.8 Å². The molecule has 2 N–H and O–H groups in total. The van der Waals surface area contributed by atoms with Crippen LogP contribution >= 0.6 is 11.8 Å². The average molecular weight is 257 g/mol. The number of carboxylic acid groups (broad SMARTS) is 1. The number of aliphatic hydroxyl groups excluding tert-OH is 1. The van der Waals surface area contributed by atoms with E-state index in [1.165, 1.54) is 16.7 Å². The van der Waals surface area contributed by atoms with Crippen LogP contribution in [0.5, 0.6) is 0 Å². The van der Waals surface area contributed by atoms with E-state index in [9.17, 15) is 9.59 Å². The number of aliphatic hydroxyl groups is 1. The van der Waals surface area contributed by atoms with Gasteiger partial charge in [-0.2, -0.15) is 0 Å². The van der Waals surface area contributed by atoms with Gasteiger partial charge in [-0.3, -0.25) is 4.79 Å². The lowest BCUT2D eigenvalue weighted by Gasteiger charge is -2.43. The number of rotatable bonds is 5. The molecule has 1 fully saturated rings. The monoisotopic (exact) mass is 257 g/mol. The molecule has 0 unspecified atom stereocenters. The highest BCUT2D eigenvalue weighted by molar-refractivity contribution is 8.03. The van der Waals surface area contributed by atoms with E-state index in [1.54, 1.807) is 0 Å². The van der Waals surface area contributed by atoms with E-state index in [0.717, 1.165) is 10.7 Å². The summed E-state index contributed by atoms with van der Waals surface area (Å²) in [6.07, 6.45) is 1.05. The summed E-state index contributed by atoms with van der Waals surface area (Å²) < 4.78 is 0. The summed E-state index contributed by atoms with van der Waals surface area (Å²) in [6.45, 7) is 1.93. The Bertz CT molecular complexity index is 393. The first-order chi connectivity index (χ1) is 8.11. The van der Waals surface area contributed by atoms with Gasteiger partial charge in [0.15, 0.2) is 0 Å². The summed E-state index contributed by atoms with van der Waals surface area (Å²) in [6, 6.07) is -0.0465. The van der Waals surface area contributed by atoms with Crippen molar-refractivity contribution in [2.75, 3.05) is 12.4 Å². The van der Waals surface area contributed by atoms with Gasteiger partial charge < -0.3 is 15.1 Å². The van der Waals surface area contributed by atoms with E-state index in [2.05, 4.69) is 0 Å². The largest absolute Gasteiger partial charge is 0.477 e. The van der Waals surface area contributed by atoms with E-state index in [0.29, 0.717) is 12.8 Å². The maximum Gasteiger partial charge on any atom is 0.353 e. The molecule has 0 aromatic heterocycles. The predicted octanol–water partition coefficient (Wildman–Crippen LogP) is 0.649. The maximum atomic E-state index is 11.8. The van der Waals surface area contributed by atoms with Gasteiger partial charge in [0.25, 0.3) is 0 Å². The Hall–Kier alpha value is -1.01. The van der Waals surface area contributed by atoms with E-state index >= 15 is 0 Å². The van der Waals surface area contributed by atoms with Gasteiger partial charge in [0, 0.05) is 17.9 Å². The molecule has 0 saturated carbocycles. The second-order valence-electron chi connectivity index (χ2n) is 4.11. The third-order valence-corrected chi connectivity index (χ3v) is 4.21. The van der Waals surface area contributed by atoms with E-state index in [4.69, 9.17) is 10.2 Å². The zero-order valence-corrected chi connectivity index (χ0v) is 10.4. The molecule has 2 rings (SSSR count). The number of hydrogen-bond donors (Lipinski definition) is 2. The van der Waals surface area contributed by atoms with Crippen LogP contribution in [0.25, 0.3) is 0 Å². The number of fused-ring (bicyclic) bond motifs is 1. The van der Waals surface area contributed by atoms with Crippen LogP contribution in [-0.2, 0) is 9.59 Å². The summed E-state index contributed by atoms with van der Waals surface area (Å²) in [5, 5.41) is 18.0. The van der Waals surface area contributed by atoms with Gasteiger partial charge in [-0.05, 0) is 12.2 Å². The molecule has 0 aliphatic carbocycles. The number of β-lactam (4-membered cyclic amide) rings is 1. The molecular weight excluding hydrogens is 242 g/mol. The molecule has 0 aromatic carbocycles. The first-order valence-electron chi connectivity index (χ1n) is 5.65. The molecule has 1 amide bonds. The van der Waals surface area contributed by atoms with Crippen LogP contribution in [0, 0.1) is 5.92 Å². The Labute approximate surface area is 103 Å². The second-order valence-corrected chi connectivity index (χ2v) is 5.47. The standard InChI is InChI=1S/C11H15NO4S/c1-2-17-8-5-7-6(3-4-13)10(14)12(7)9(8)11(15)16/h6-7,13H,2-5H2,1H3,(H,15,16)/t6-,7+/m0/s1. The molecule has 0 spiro atoms. The van der Waals surface area contributed by atoms with Crippen molar-refractivity contribution in [1.29, 1.82) is 0 Å². The first-order valence-corrected chi connectivity index (χ1v) is 6.63. The number of nitrogens with zero attached hydrogens (tertiary/aromatic N) is 1. The minimum atomic E-state index is -1.03. The topological polar surface area (TPSA) is 77.8 Å². The molecule has 2 aliphatic rings. The minimum absolute atomic E-state index is 0.0284. The van der Waals surface area contributed by atoms with E-state index < -0.39 is 5.97 Å². The Morgan fingerprint density at radius 1 is 1.59 bits per heavy atom. The molecule has 2 aliphatic heterocycles. The number of amides is 1. The summed E-state index contributed by atoms with van der Waals surface area (Å²) >= 11 is 1.49. The molecule has 6 heteroatoms. The molecule has 94 valence electrons. The van der Waals surface area contributed by atoms with Crippen molar-refractivity contribution < 1.29 is 19.8 Å². The average Bonchev–Trinajstić information content (AvgIpc) is 2.62. The molecule has 5 nitrogen and oxygen atoms in total. The number of hydrogen-bond acceptors (Lipinski definition) is 4. The zero-order chi connectivity index (χ0) is 12.6. The third kappa shape index (κ3) is 1.85. The van der Waals surface area contributed by atoms with Crippen LogP contribution in [0.2, 0.25) is 0 Å². The van der Waals surface area contributed by atoms with Gasteiger partial charge in [0.1, 0.15) is 5.70 Å². The second kappa shape index (κ2) is 4.70. The summed E-state index contributed by atoms with van der Waals surface area (Å²) in [4.78, 5) is 25.2. The van der Waals surface area contributed by atoms with E-state index in [1.807, 2.05) is 6.92 Å². The fourth-order valence-electron chi connectivity index (χ4n) is 2.51. The summed E-state index contributed by atoms with van der Waals surface area (Å²) in [5.74, 6) is -0.595. The fraction of sp³-hybridized carbons (Fsp3) is 0.636. The van der Waals surface area contributed by atoms with Gasteiger partial charge >= 0.3 is 5.97 Å². The fourth-order valence-corrected chi connectivity index (χ4v) is 3.47. The van der Waals surface area contributed by atoms with E-state index in [-0.39, 0.29) is 30.2 Å². The Balaban J connectivity index is 2.20. The number of carbonyl (C=O) groups excluding carboxylic acids is 1. The Morgan fingerprint density at radius 3 is 2.82 bits per heavy atom. The normalized spacial score (nSPS) is 27.2. The highest BCUT2D eigenvalue weighted by atomic mass is 32.2. The summed E-state index contributed by atoms with van der Waals surface area (Å²) in [5.41, 5.74) is 0.154. The van der Waals surface area contributed by atoms with Crippen molar-refractivity contribution in [2.45, 2.75) is 25.8 Å².